The van der Waals surface area contributed by atoms with E-state index in [1.165, 1.54) is 16.2 Å². The molecule has 3 heterocycles. The molecule has 1 fully saturated rings. The van der Waals surface area contributed by atoms with Crippen LogP contribution in [0.15, 0.2) is 29.6 Å². The second-order valence-corrected chi connectivity index (χ2v) is 11.7. The lowest BCUT2D eigenvalue weighted by Crippen LogP contribution is -2.42. The van der Waals surface area contributed by atoms with E-state index in [-0.39, 0.29) is 36.8 Å². The summed E-state index contributed by atoms with van der Waals surface area (Å²) in [6.07, 6.45) is 0.00110. The van der Waals surface area contributed by atoms with E-state index in [9.17, 15) is 14.7 Å². The fraction of sp³-hybridized carbons (Fsp3) is 0.481. The average molecular weight is 527 g/mol. The fourth-order valence-electron chi connectivity index (χ4n) is 4.36. The van der Waals surface area contributed by atoms with Crippen LogP contribution in [-0.2, 0) is 9.59 Å². The van der Waals surface area contributed by atoms with Crippen molar-refractivity contribution in [2.75, 3.05) is 19.0 Å². The molecule has 2 N–H and O–H groups in total. The van der Waals surface area contributed by atoms with Crippen LogP contribution in [-0.4, -0.2) is 63.7 Å². The lowest BCUT2D eigenvalue weighted by atomic mass is 9.91. The van der Waals surface area contributed by atoms with Gasteiger partial charge in [0, 0.05) is 41.8 Å². The molecule has 0 bridgehead atoms. The standard InChI is InChI=1S/C27H34N4O5S/c1-15(2)28-26-30-21(14-37-26)20-11-23(18-8-7-16(35-6)9-19(18)29-20)36-17-10-22(25(33)34)31(13-17)24(32)12-27(3,4)5/h7-9,11,14-15,17,22H,10,12-13H2,1-6H3,(H,28,30)(H,33,34)/t17-,22+/m1/s1. The van der Waals surface area contributed by atoms with Crippen molar-refractivity contribution in [2.24, 2.45) is 5.41 Å². The maximum atomic E-state index is 12.9. The Kier molecular flexibility index (Phi) is 7.59. The largest absolute Gasteiger partial charge is 0.497 e. The van der Waals surface area contributed by atoms with Crippen LogP contribution < -0.4 is 14.8 Å². The molecule has 3 aromatic rings. The zero-order chi connectivity index (χ0) is 26.9. The van der Waals surface area contributed by atoms with Crippen LogP contribution in [0, 0.1) is 5.41 Å². The number of hydrogen-bond donors (Lipinski definition) is 2. The quantitative estimate of drug-likeness (QED) is 0.419. The van der Waals surface area contributed by atoms with E-state index in [1.54, 1.807) is 7.11 Å². The minimum absolute atomic E-state index is 0.177. The first-order chi connectivity index (χ1) is 17.4. The van der Waals surface area contributed by atoms with Crippen molar-refractivity contribution in [1.82, 2.24) is 14.9 Å². The highest BCUT2D eigenvalue weighted by Gasteiger charge is 2.41. The molecule has 37 heavy (non-hydrogen) atoms. The molecule has 0 unspecified atom stereocenters. The molecule has 9 nitrogen and oxygen atoms in total. The van der Waals surface area contributed by atoms with E-state index in [1.807, 2.05) is 50.4 Å². The van der Waals surface area contributed by atoms with Crippen LogP contribution in [0.4, 0.5) is 5.13 Å². The third kappa shape index (κ3) is 6.30. The van der Waals surface area contributed by atoms with Crippen LogP contribution in [0.5, 0.6) is 11.5 Å². The molecule has 1 aliphatic heterocycles. The Morgan fingerprint density at radius 3 is 2.62 bits per heavy atom. The van der Waals surface area contributed by atoms with E-state index in [2.05, 4.69) is 24.1 Å². The summed E-state index contributed by atoms with van der Waals surface area (Å²) >= 11 is 1.50. The molecule has 0 radical (unpaired) electrons. The molecule has 10 heteroatoms. The monoisotopic (exact) mass is 526 g/mol. The van der Waals surface area contributed by atoms with E-state index < -0.39 is 18.1 Å². The van der Waals surface area contributed by atoms with Gasteiger partial charge in [-0.3, -0.25) is 4.79 Å². The topological polar surface area (TPSA) is 114 Å². The van der Waals surface area contributed by atoms with Crippen molar-refractivity contribution >= 4 is 39.2 Å². The number of thiazole rings is 1. The number of carbonyl (C=O) groups excluding carboxylic acids is 1. The van der Waals surface area contributed by atoms with Gasteiger partial charge in [-0.15, -0.1) is 11.3 Å². The van der Waals surface area contributed by atoms with Crippen molar-refractivity contribution < 1.29 is 24.2 Å². The number of nitrogens with one attached hydrogen (secondary N) is 1. The van der Waals surface area contributed by atoms with Crippen LogP contribution >= 0.6 is 11.3 Å². The minimum atomic E-state index is -1.02. The molecule has 4 rings (SSSR count). The lowest BCUT2D eigenvalue weighted by molar-refractivity contribution is -0.148. The Labute approximate surface area is 220 Å². The highest BCUT2D eigenvalue weighted by molar-refractivity contribution is 7.14. The smallest absolute Gasteiger partial charge is 0.326 e. The number of rotatable bonds is 8. The van der Waals surface area contributed by atoms with Gasteiger partial charge >= 0.3 is 5.97 Å². The summed E-state index contributed by atoms with van der Waals surface area (Å²) in [4.78, 5) is 35.9. The first-order valence-corrected chi connectivity index (χ1v) is 13.2. The van der Waals surface area contributed by atoms with Gasteiger partial charge in [0.05, 0.1) is 24.9 Å². The molecule has 1 saturated heterocycles. The summed E-state index contributed by atoms with van der Waals surface area (Å²) in [5.74, 6) is 0.0253. The predicted molar refractivity (Wildman–Crippen MR) is 144 cm³/mol. The summed E-state index contributed by atoms with van der Waals surface area (Å²) in [6, 6.07) is 6.70. The van der Waals surface area contributed by atoms with Crippen LogP contribution in [0.3, 0.4) is 0 Å². The van der Waals surface area contributed by atoms with Crippen molar-refractivity contribution in [3.63, 3.8) is 0 Å². The number of hydrogen-bond acceptors (Lipinski definition) is 8. The highest BCUT2D eigenvalue weighted by atomic mass is 32.1. The van der Waals surface area contributed by atoms with E-state index in [4.69, 9.17) is 14.5 Å². The molecular weight excluding hydrogens is 492 g/mol. The number of carboxylic acids is 1. The molecule has 0 aliphatic carbocycles. The maximum Gasteiger partial charge on any atom is 0.326 e. The number of fused-ring (bicyclic) bond motifs is 1. The van der Waals surface area contributed by atoms with Gasteiger partial charge in [0.25, 0.3) is 0 Å². The van der Waals surface area contributed by atoms with Gasteiger partial charge < -0.3 is 24.8 Å². The summed E-state index contributed by atoms with van der Waals surface area (Å²) in [5.41, 5.74) is 1.77. The second-order valence-electron chi connectivity index (χ2n) is 10.8. The number of aromatic nitrogens is 2. The molecule has 0 spiro atoms. The number of carboxylic acid groups (broad SMARTS) is 1. The number of nitrogens with zero attached hydrogens (tertiary/aromatic N) is 3. The van der Waals surface area contributed by atoms with Crippen molar-refractivity contribution in [3.05, 3.63) is 29.6 Å². The first kappa shape index (κ1) is 26.7. The van der Waals surface area contributed by atoms with Gasteiger partial charge in [-0.1, -0.05) is 20.8 Å². The maximum absolute atomic E-state index is 12.9. The van der Waals surface area contributed by atoms with E-state index >= 15 is 0 Å². The number of aliphatic carboxylic acids is 1. The summed E-state index contributed by atoms with van der Waals surface area (Å²) < 4.78 is 11.8. The molecule has 198 valence electrons. The molecule has 1 aromatic carbocycles. The van der Waals surface area contributed by atoms with Crippen molar-refractivity contribution in [3.8, 4) is 22.9 Å². The Hall–Kier alpha value is -3.40. The third-order valence-corrected chi connectivity index (χ3v) is 6.77. The number of pyridine rings is 1. The summed E-state index contributed by atoms with van der Waals surface area (Å²) in [6.45, 7) is 10.2. The van der Waals surface area contributed by atoms with Crippen molar-refractivity contribution in [1.29, 1.82) is 0 Å². The van der Waals surface area contributed by atoms with Crippen LogP contribution in [0.2, 0.25) is 0 Å². The van der Waals surface area contributed by atoms with Gasteiger partial charge in [-0.25, -0.2) is 14.8 Å². The van der Waals surface area contributed by atoms with Gasteiger partial charge in [0.15, 0.2) is 5.13 Å². The third-order valence-electron chi connectivity index (χ3n) is 6.00. The molecule has 2 atom stereocenters. The number of anilines is 1. The van der Waals surface area contributed by atoms with Crippen LogP contribution in [0.25, 0.3) is 22.3 Å². The highest BCUT2D eigenvalue weighted by Crippen LogP contribution is 2.35. The molecule has 1 amide bonds. The summed E-state index contributed by atoms with van der Waals surface area (Å²) in [5, 5.41) is 16.6. The summed E-state index contributed by atoms with van der Waals surface area (Å²) in [7, 11) is 1.60. The number of carbonyl (C=O) groups is 2. The zero-order valence-corrected chi connectivity index (χ0v) is 22.9. The number of likely N-dealkylation sites (tertiary alicyclic amines) is 1. The SMILES string of the molecule is COc1ccc2c(O[C@@H]3C[C@@H](C(=O)O)N(C(=O)CC(C)(C)C)C3)cc(-c3csc(NC(C)C)n3)nc2c1. The lowest BCUT2D eigenvalue weighted by Gasteiger charge is -2.25. The Morgan fingerprint density at radius 2 is 1.97 bits per heavy atom. The normalized spacial score (nSPS) is 17.9. The minimum Gasteiger partial charge on any atom is -0.497 e. The van der Waals surface area contributed by atoms with E-state index in [0.717, 1.165) is 10.5 Å². The molecular formula is C27H34N4O5S. The van der Waals surface area contributed by atoms with E-state index in [0.29, 0.717) is 28.4 Å². The zero-order valence-electron chi connectivity index (χ0n) is 22.1. The number of benzene rings is 1. The van der Waals surface area contributed by atoms with Gasteiger partial charge in [-0.2, -0.15) is 0 Å². The Balaban J connectivity index is 1.67. The van der Waals surface area contributed by atoms with Gasteiger partial charge in [0.1, 0.15) is 29.3 Å². The molecule has 1 aliphatic rings. The number of methoxy groups -OCH3 is 1. The molecule has 2 aromatic heterocycles. The predicted octanol–water partition coefficient (Wildman–Crippen LogP) is 5.06. The fourth-order valence-corrected chi connectivity index (χ4v) is 5.22. The average Bonchev–Trinajstić information content (AvgIpc) is 3.44. The van der Waals surface area contributed by atoms with Crippen LogP contribution in [0.1, 0.15) is 47.5 Å². The Bertz CT molecular complexity index is 1300. The first-order valence-electron chi connectivity index (χ1n) is 12.3. The van der Waals surface area contributed by atoms with Crippen molar-refractivity contribution in [2.45, 2.75) is 65.6 Å². The van der Waals surface area contributed by atoms with Gasteiger partial charge in [-0.05, 0) is 31.4 Å². The van der Waals surface area contributed by atoms with Gasteiger partial charge in [0.2, 0.25) is 5.91 Å². The number of ether oxygens (including phenoxy) is 2. The molecule has 0 saturated carbocycles. The number of amides is 1. The Morgan fingerprint density at radius 1 is 1.22 bits per heavy atom. The second kappa shape index (κ2) is 10.5.